The van der Waals surface area contributed by atoms with Crippen LogP contribution in [-0.4, -0.2) is 17.1 Å². The van der Waals surface area contributed by atoms with E-state index in [4.69, 9.17) is 10.8 Å². The summed E-state index contributed by atoms with van der Waals surface area (Å²) >= 11 is 0. The molecule has 0 saturated heterocycles. The van der Waals surface area contributed by atoms with Gasteiger partial charge in [0.15, 0.2) is 0 Å². The Balaban J connectivity index is 2.39. The molecule has 0 aliphatic heterocycles. The third-order valence-electron chi connectivity index (χ3n) is 2.25. The number of allylic oxidation sites excluding steroid dienone is 1. The zero-order valence-electron chi connectivity index (χ0n) is 7.07. The smallest absolute Gasteiger partial charge is 0.304 e. The van der Waals surface area contributed by atoms with Crippen molar-refractivity contribution in [3.8, 4) is 0 Å². The third-order valence-corrected chi connectivity index (χ3v) is 2.25. The largest absolute Gasteiger partial charge is 0.481 e. The molecule has 0 aromatic heterocycles. The maximum Gasteiger partial charge on any atom is 0.304 e. The summed E-state index contributed by atoms with van der Waals surface area (Å²) in [6.45, 7) is 0. The second-order valence-electron chi connectivity index (χ2n) is 3.28. The van der Waals surface area contributed by atoms with E-state index in [0.29, 0.717) is 0 Å². The molecule has 0 heterocycles. The fraction of sp³-hybridized carbons (Fsp3) is 0.667. The molecule has 3 heteroatoms. The van der Waals surface area contributed by atoms with Crippen LogP contribution in [0.1, 0.15) is 25.7 Å². The molecule has 68 valence electrons. The number of hydrogen-bond acceptors (Lipinski definition) is 2. The molecule has 1 aliphatic rings. The highest BCUT2D eigenvalue weighted by molar-refractivity contribution is 5.67. The van der Waals surface area contributed by atoms with E-state index in [-0.39, 0.29) is 18.4 Å². The van der Waals surface area contributed by atoms with E-state index in [1.165, 1.54) is 0 Å². The van der Waals surface area contributed by atoms with Gasteiger partial charge in [-0.2, -0.15) is 0 Å². The van der Waals surface area contributed by atoms with Crippen molar-refractivity contribution in [3.63, 3.8) is 0 Å². The minimum Gasteiger partial charge on any atom is -0.481 e. The van der Waals surface area contributed by atoms with Gasteiger partial charge in [-0.25, -0.2) is 0 Å². The van der Waals surface area contributed by atoms with Crippen molar-refractivity contribution in [2.75, 3.05) is 0 Å². The Bertz CT molecular complexity index is 189. The predicted octanol–water partition coefficient (Wildman–Crippen LogP) is 1.14. The van der Waals surface area contributed by atoms with Crippen molar-refractivity contribution < 1.29 is 9.90 Å². The summed E-state index contributed by atoms with van der Waals surface area (Å²) in [7, 11) is 0. The van der Waals surface area contributed by atoms with Crippen LogP contribution in [0.3, 0.4) is 0 Å². The molecule has 0 fully saturated rings. The van der Waals surface area contributed by atoms with Gasteiger partial charge < -0.3 is 10.8 Å². The first-order chi connectivity index (χ1) is 5.70. The molecule has 0 radical (unpaired) electrons. The van der Waals surface area contributed by atoms with Crippen molar-refractivity contribution in [1.82, 2.24) is 0 Å². The van der Waals surface area contributed by atoms with Crippen molar-refractivity contribution in [2.45, 2.75) is 31.7 Å². The lowest BCUT2D eigenvalue weighted by molar-refractivity contribution is -0.137. The van der Waals surface area contributed by atoms with Gasteiger partial charge in [-0.3, -0.25) is 4.79 Å². The van der Waals surface area contributed by atoms with E-state index in [0.717, 1.165) is 19.3 Å². The lowest BCUT2D eigenvalue weighted by Crippen LogP contribution is -2.32. The second kappa shape index (κ2) is 4.26. The lowest BCUT2D eigenvalue weighted by Gasteiger charge is -2.21. The van der Waals surface area contributed by atoms with Crippen LogP contribution in [0.4, 0.5) is 0 Å². The van der Waals surface area contributed by atoms with Gasteiger partial charge in [0.05, 0.1) is 6.42 Å². The molecule has 0 spiro atoms. The molecule has 1 aliphatic carbocycles. The number of carbonyl (C=O) groups is 1. The van der Waals surface area contributed by atoms with Crippen LogP contribution in [0.5, 0.6) is 0 Å². The van der Waals surface area contributed by atoms with E-state index < -0.39 is 5.97 Å². The zero-order valence-corrected chi connectivity index (χ0v) is 7.07. The molecular weight excluding hydrogens is 154 g/mol. The second-order valence-corrected chi connectivity index (χ2v) is 3.28. The lowest BCUT2D eigenvalue weighted by atomic mass is 9.88. The fourth-order valence-electron chi connectivity index (χ4n) is 1.55. The highest BCUT2D eigenvalue weighted by Crippen LogP contribution is 2.20. The molecule has 12 heavy (non-hydrogen) atoms. The number of carboxylic acids is 1. The van der Waals surface area contributed by atoms with Crippen LogP contribution < -0.4 is 5.73 Å². The molecule has 0 saturated carbocycles. The molecule has 1 rings (SSSR count). The minimum atomic E-state index is -0.804. The summed E-state index contributed by atoms with van der Waals surface area (Å²) in [4.78, 5) is 10.3. The molecule has 3 N–H and O–H groups in total. The van der Waals surface area contributed by atoms with Crippen LogP contribution in [0, 0.1) is 5.92 Å². The predicted molar refractivity (Wildman–Crippen MR) is 46.7 cm³/mol. The van der Waals surface area contributed by atoms with E-state index >= 15 is 0 Å². The van der Waals surface area contributed by atoms with E-state index in [2.05, 4.69) is 12.2 Å². The molecular formula is C9H15NO2. The number of nitrogens with two attached hydrogens (primary N) is 1. The average molecular weight is 169 g/mol. The topological polar surface area (TPSA) is 63.3 Å². The number of rotatable bonds is 3. The Morgan fingerprint density at radius 3 is 3.00 bits per heavy atom. The highest BCUT2D eigenvalue weighted by Gasteiger charge is 2.18. The van der Waals surface area contributed by atoms with Gasteiger partial charge in [-0.1, -0.05) is 12.2 Å². The van der Waals surface area contributed by atoms with Crippen molar-refractivity contribution in [3.05, 3.63) is 12.2 Å². The average Bonchev–Trinajstić information content (AvgIpc) is 2.05. The van der Waals surface area contributed by atoms with Gasteiger partial charge in [-0.15, -0.1) is 0 Å². The summed E-state index contributed by atoms with van der Waals surface area (Å²) in [5, 5.41) is 8.51. The first-order valence-electron chi connectivity index (χ1n) is 4.34. The molecule has 0 aromatic carbocycles. The van der Waals surface area contributed by atoms with Crippen molar-refractivity contribution in [2.24, 2.45) is 11.7 Å². The van der Waals surface area contributed by atoms with Gasteiger partial charge >= 0.3 is 5.97 Å². The third kappa shape index (κ3) is 2.66. The Labute approximate surface area is 72.3 Å². The fourth-order valence-corrected chi connectivity index (χ4v) is 1.55. The van der Waals surface area contributed by atoms with Crippen molar-refractivity contribution >= 4 is 5.97 Å². The van der Waals surface area contributed by atoms with E-state index in [9.17, 15) is 4.79 Å². The first kappa shape index (κ1) is 9.26. The maximum absolute atomic E-state index is 10.3. The van der Waals surface area contributed by atoms with Crippen LogP contribution in [0.25, 0.3) is 0 Å². The molecule has 0 aromatic rings. The normalized spacial score (nSPS) is 25.2. The van der Waals surface area contributed by atoms with Crippen LogP contribution >= 0.6 is 0 Å². The van der Waals surface area contributed by atoms with Gasteiger partial charge in [0, 0.05) is 6.04 Å². The summed E-state index contributed by atoms with van der Waals surface area (Å²) in [6, 6.07) is -0.209. The number of aliphatic carboxylic acids is 1. The zero-order chi connectivity index (χ0) is 8.97. The first-order valence-corrected chi connectivity index (χ1v) is 4.34. The molecule has 3 nitrogen and oxygen atoms in total. The maximum atomic E-state index is 10.3. The van der Waals surface area contributed by atoms with Gasteiger partial charge in [-0.05, 0) is 25.2 Å². The van der Waals surface area contributed by atoms with Crippen LogP contribution in [0.2, 0.25) is 0 Å². The van der Waals surface area contributed by atoms with E-state index in [1.807, 2.05) is 0 Å². The minimum absolute atomic E-state index is 0.0784. The van der Waals surface area contributed by atoms with Gasteiger partial charge in [0.25, 0.3) is 0 Å². The van der Waals surface area contributed by atoms with Gasteiger partial charge in [0.2, 0.25) is 0 Å². The Morgan fingerprint density at radius 2 is 2.50 bits per heavy atom. The molecule has 2 atom stereocenters. The molecule has 0 amide bonds. The van der Waals surface area contributed by atoms with Crippen molar-refractivity contribution in [1.29, 1.82) is 0 Å². The Morgan fingerprint density at radius 1 is 1.75 bits per heavy atom. The number of carboxylic acid groups (broad SMARTS) is 1. The quantitative estimate of drug-likeness (QED) is 0.623. The Hall–Kier alpha value is -0.830. The SMILES string of the molecule is N[C@@H](CC(=O)O)C1C=CCCC1. The molecule has 0 bridgehead atoms. The van der Waals surface area contributed by atoms with Crippen LogP contribution in [0.15, 0.2) is 12.2 Å². The summed E-state index contributed by atoms with van der Waals surface area (Å²) in [5.41, 5.74) is 5.72. The van der Waals surface area contributed by atoms with E-state index in [1.54, 1.807) is 0 Å². The highest BCUT2D eigenvalue weighted by atomic mass is 16.4. The number of hydrogen-bond donors (Lipinski definition) is 2. The summed E-state index contributed by atoms with van der Waals surface area (Å²) in [5.74, 6) is -0.531. The summed E-state index contributed by atoms with van der Waals surface area (Å²) < 4.78 is 0. The van der Waals surface area contributed by atoms with Crippen LogP contribution in [-0.2, 0) is 4.79 Å². The standard InChI is InChI=1S/C9H15NO2/c10-8(6-9(11)12)7-4-2-1-3-5-7/h2,4,7-8H,1,3,5-6,10H2,(H,11,12)/t7?,8-/m0/s1. The monoisotopic (exact) mass is 169 g/mol. The van der Waals surface area contributed by atoms with Gasteiger partial charge in [0.1, 0.15) is 0 Å². The molecule has 1 unspecified atom stereocenters. The Kier molecular flexibility index (Phi) is 3.29. The summed E-state index contributed by atoms with van der Waals surface area (Å²) in [6.07, 6.45) is 7.50.